The Balaban J connectivity index is 1.70. The van der Waals surface area contributed by atoms with Crippen LogP contribution in [-0.2, 0) is 0 Å². The van der Waals surface area contributed by atoms with Crippen LogP contribution < -0.4 is 20.1 Å². The Hall–Kier alpha value is -2.64. The minimum atomic E-state index is -0.471. The van der Waals surface area contributed by atoms with E-state index in [1.807, 2.05) is 12.1 Å². The van der Waals surface area contributed by atoms with Gasteiger partial charge in [-0.25, -0.2) is 14.4 Å². The summed E-state index contributed by atoms with van der Waals surface area (Å²) in [7, 11) is 1.61. The summed E-state index contributed by atoms with van der Waals surface area (Å²) in [6.45, 7) is 1.81. The van der Waals surface area contributed by atoms with Crippen molar-refractivity contribution < 1.29 is 13.9 Å². The molecule has 1 fully saturated rings. The molecule has 0 saturated carbocycles. The van der Waals surface area contributed by atoms with Gasteiger partial charge in [0.05, 0.1) is 17.6 Å². The molecule has 8 heteroatoms. The van der Waals surface area contributed by atoms with Crippen molar-refractivity contribution in [2.45, 2.75) is 18.9 Å². The lowest BCUT2D eigenvalue weighted by Crippen LogP contribution is -2.37. The second-order valence-electron chi connectivity index (χ2n) is 6.58. The van der Waals surface area contributed by atoms with E-state index in [0.29, 0.717) is 28.5 Å². The Labute approximate surface area is 167 Å². The molecule has 1 aliphatic heterocycles. The van der Waals surface area contributed by atoms with E-state index in [0.717, 1.165) is 31.3 Å². The van der Waals surface area contributed by atoms with Gasteiger partial charge in [0.15, 0.2) is 11.5 Å². The SMILES string of the molecule is COc1cc2ncnc(Nc3ccc(F)c(Cl)c3)c2cc1OC1CCCNC1. The number of nitrogens with one attached hydrogen (secondary N) is 2. The Morgan fingerprint density at radius 1 is 1.21 bits per heavy atom. The van der Waals surface area contributed by atoms with E-state index in [1.165, 1.54) is 18.5 Å². The summed E-state index contributed by atoms with van der Waals surface area (Å²) >= 11 is 5.88. The molecule has 2 heterocycles. The van der Waals surface area contributed by atoms with Crippen molar-refractivity contribution in [1.82, 2.24) is 15.3 Å². The van der Waals surface area contributed by atoms with Crippen LogP contribution in [-0.4, -0.2) is 36.3 Å². The van der Waals surface area contributed by atoms with E-state index in [9.17, 15) is 4.39 Å². The predicted molar refractivity (Wildman–Crippen MR) is 107 cm³/mol. The first-order valence-electron chi connectivity index (χ1n) is 9.06. The van der Waals surface area contributed by atoms with E-state index in [2.05, 4.69) is 20.6 Å². The highest BCUT2D eigenvalue weighted by Gasteiger charge is 2.18. The molecule has 4 rings (SSSR count). The van der Waals surface area contributed by atoms with Gasteiger partial charge in [-0.2, -0.15) is 0 Å². The third-order valence-corrected chi connectivity index (χ3v) is 4.94. The van der Waals surface area contributed by atoms with Crippen molar-refractivity contribution in [2.24, 2.45) is 0 Å². The largest absolute Gasteiger partial charge is 0.493 e. The van der Waals surface area contributed by atoms with Crippen LogP contribution in [0.4, 0.5) is 15.9 Å². The van der Waals surface area contributed by atoms with Gasteiger partial charge in [-0.1, -0.05) is 11.6 Å². The third-order valence-electron chi connectivity index (χ3n) is 4.65. The van der Waals surface area contributed by atoms with E-state index in [4.69, 9.17) is 21.1 Å². The number of rotatable bonds is 5. The number of methoxy groups -OCH3 is 1. The summed E-state index contributed by atoms with van der Waals surface area (Å²) < 4.78 is 25.1. The van der Waals surface area contributed by atoms with Crippen molar-refractivity contribution >= 4 is 34.0 Å². The van der Waals surface area contributed by atoms with Gasteiger partial charge in [0.1, 0.15) is 24.1 Å². The van der Waals surface area contributed by atoms with Gasteiger partial charge in [0.2, 0.25) is 0 Å². The zero-order valence-corrected chi connectivity index (χ0v) is 16.1. The number of hydrogen-bond donors (Lipinski definition) is 2. The number of ether oxygens (including phenoxy) is 2. The van der Waals surface area contributed by atoms with Crippen LogP contribution >= 0.6 is 11.6 Å². The maximum atomic E-state index is 13.4. The van der Waals surface area contributed by atoms with Gasteiger partial charge in [-0.05, 0) is 43.7 Å². The quantitative estimate of drug-likeness (QED) is 0.663. The van der Waals surface area contributed by atoms with Gasteiger partial charge in [0.25, 0.3) is 0 Å². The van der Waals surface area contributed by atoms with E-state index < -0.39 is 5.82 Å². The van der Waals surface area contributed by atoms with Crippen LogP contribution in [0, 0.1) is 5.82 Å². The lowest BCUT2D eigenvalue weighted by atomic mass is 10.1. The summed E-state index contributed by atoms with van der Waals surface area (Å²) in [5.41, 5.74) is 1.33. The molecule has 0 bridgehead atoms. The zero-order valence-electron chi connectivity index (χ0n) is 15.3. The van der Waals surface area contributed by atoms with Gasteiger partial charge in [-0.15, -0.1) is 0 Å². The Morgan fingerprint density at radius 3 is 2.86 bits per heavy atom. The molecular weight excluding hydrogens is 383 g/mol. The first kappa shape index (κ1) is 18.7. The van der Waals surface area contributed by atoms with Crippen LogP contribution in [0.25, 0.3) is 10.9 Å². The van der Waals surface area contributed by atoms with Gasteiger partial charge >= 0.3 is 0 Å². The first-order valence-corrected chi connectivity index (χ1v) is 9.44. The molecule has 1 saturated heterocycles. The summed E-state index contributed by atoms with van der Waals surface area (Å²) in [4.78, 5) is 8.66. The third kappa shape index (κ3) is 3.95. The molecule has 6 nitrogen and oxygen atoms in total. The van der Waals surface area contributed by atoms with Crippen molar-refractivity contribution in [3.63, 3.8) is 0 Å². The summed E-state index contributed by atoms with van der Waals surface area (Å²) in [6.07, 6.45) is 3.60. The highest BCUT2D eigenvalue weighted by molar-refractivity contribution is 6.31. The predicted octanol–water partition coefficient (Wildman–Crippen LogP) is 4.31. The van der Waals surface area contributed by atoms with Crippen LogP contribution in [0.15, 0.2) is 36.7 Å². The maximum Gasteiger partial charge on any atom is 0.162 e. The second kappa shape index (κ2) is 8.16. The van der Waals surface area contributed by atoms with Crippen molar-refractivity contribution in [2.75, 3.05) is 25.5 Å². The molecule has 3 aromatic rings. The lowest BCUT2D eigenvalue weighted by molar-refractivity contribution is 0.161. The van der Waals surface area contributed by atoms with Crippen LogP contribution in [0.3, 0.4) is 0 Å². The van der Waals surface area contributed by atoms with Crippen molar-refractivity contribution in [1.29, 1.82) is 0 Å². The molecule has 1 atom stereocenters. The average molecular weight is 403 g/mol. The number of hydrogen-bond acceptors (Lipinski definition) is 6. The molecule has 0 spiro atoms. The molecule has 28 heavy (non-hydrogen) atoms. The number of nitrogens with zero attached hydrogens (tertiary/aromatic N) is 2. The highest BCUT2D eigenvalue weighted by atomic mass is 35.5. The highest BCUT2D eigenvalue weighted by Crippen LogP contribution is 2.36. The number of benzene rings is 2. The van der Waals surface area contributed by atoms with Crippen LogP contribution in [0.5, 0.6) is 11.5 Å². The monoisotopic (exact) mass is 402 g/mol. The van der Waals surface area contributed by atoms with Gasteiger partial charge < -0.3 is 20.1 Å². The molecule has 1 aromatic heterocycles. The Bertz CT molecular complexity index is 995. The standard InChI is InChI=1S/C20H20ClFN4O2/c1-27-18-9-17-14(8-19(18)28-13-3-2-6-23-10-13)20(25-11-24-17)26-12-4-5-16(22)15(21)7-12/h4-5,7-9,11,13,23H,2-3,6,10H2,1H3,(H,24,25,26). The van der Waals surface area contributed by atoms with E-state index >= 15 is 0 Å². The smallest absolute Gasteiger partial charge is 0.162 e. The Kier molecular flexibility index (Phi) is 5.45. The van der Waals surface area contributed by atoms with Gasteiger partial charge in [0, 0.05) is 23.7 Å². The molecule has 1 unspecified atom stereocenters. The molecule has 146 valence electrons. The summed E-state index contributed by atoms with van der Waals surface area (Å²) in [6, 6.07) is 8.12. The normalized spacial score (nSPS) is 16.8. The molecule has 0 amide bonds. The minimum absolute atomic E-state index is 0.0406. The van der Waals surface area contributed by atoms with E-state index in [-0.39, 0.29) is 11.1 Å². The average Bonchev–Trinajstić information content (AvgIpc) is 2.71. The Morgan fingerprint density at radius 2 is 2.11 bits per heavy atom. The number of halogens is 2. The molecular formula is C20H20ClFN4O2. The van der Waals surface area contributed by atoms with Crippen molar-refractivity contribution in [3.05, 3.63) is 47.5 Å². The van der Waals surface area contributed by atoms with Crippen LogP contribution in [0.2, 0.25) is 5.02 Å². The van der Waals surface area contributed by atoms with Gasteiger partial charge in [-0.3, -0.25) is 0 Å². The topological polar surface area (TPSA) is 68.3 Å². The molecule has 0 radical (unpaired) electrons. The van der Waals surface area contributed by atoms with Crippen LogP contribution in [0.1, 0.15) is 12.8 Å². The fourth-order valence-electron chi connectivity index (χ4n) is 3.23. The summed E-state index contributed by atoms with van der Waals surface area (Å²) in [5.74, 6) is 1.36. The number of anilines is 2. The lowest BCUT2D eigenvalue weighted by Gasteiger charge is -2.25. The molecule has 1 aliphatic rings. The maximum absolute atomic E-state index is 13.4. The fraction of sp³-hybridized carbons (Fsp3) is 0.300. The number of aromatic nitrogens is 2. The fourth-order valence-corrected chi connectivity index (χ4v) is 3.41. The molecule has 2 aromatic carbocycles. The second-order valence-corrected chi connectivity index (χ2v) is 6.99. The first-order chi connectivity index (χ1) is 13.6. The number of fused-ring (bicyclic) bond motifs is 1. The van der Waals surface area contributed by atoms with Crippen molar-refractivity contribution in [3.8, 4) is 11.5 Å². The number of piperidine rings is 1. The minimum Gasteiger partial charge on any atom is -0.493 e. The zero-order chi connectivity index (χ0) is 19.5. The summed E-state index contributed by atoms with van der Waals surface area (Å²) in [5, 5.41) is 7.32. The van der Waals surface area contributed by atoms with E-state index in [1.54, 1.807) is 13.2 Å². The molecule has 2 N–H and O–H groups in total. The molecule has 0 aliphatic carbocycles.